The number of hydrogen-bond donors (Lipinski definition) is 2. The van der Waals surface area contributed by atoms with Crippen LogP contribution in [0.4, 0.5) is 11.8 Å². The fourth-order valence-corrected chi connectivity index (χ4v) is 6.67. The summed E-state index contributed by atoms with van der Waals surface area (Å²) >= 11 is 1.79. The maximum atomic E-state index is 13.3. The minimum atomic E-state index is 0.132. The van der Waals surface area contributed by atoms with Crippen LogP contribution < -0.4 is 20.3 Å². The van der Waals surface area contributed by atoms with Gasteiger partial charge in [-0.1, -0.05) is 29.8 Å². The molecule has 43 heavy (non-hydrogen) atoms. The monoisotopic (exact) mass is 597 g/mol. The molecule has 1 aliphatic carbocycles. The number of aryl methyl sites for hydroxylation is 1. The van der Waals surface area contributed by atoms with Crippen LogP contribution in [-0.2, 0) is 0 Å². The van der Waals surface area contributed by atoms with Gasteiger partial charge >= 0.3 is 0 Å². The molecule has 1 saturated carbocycles. The third-order valence-electron chi connectivity index (χ3n) is 7.93. The number of ether oxygens (including phenoxy) is 1. The first-order chi connectivity index (χ1) is 20.9. The number of carbonyl (C=O) groups is 1. The molecule has 1 unspecified atom stereocenters. The van der Waals surface area contributed by atoms with E-state index in [1.165, 1.54) is 10.5 Å². The second kappa shape index (κ2) is 14.7. The Balaban J connectivity index is 1.17. The maximum Gasteiger partial charge on any atom is 0.225 e. The summed E-state index contributed by atoms with van der Waals surface area (Å²) in [6, 6.07) is 25.0. The lowest BCUT2D eigenvalue weighted by molar-refractivity contribution is 0.0981. The SMILES string of the molecule is CCOc1ccc(C(=O)CC(CNC2CCC(Nc3nc(N(C)C)c4ccccc4n3)CC2)Sc2ccc(C)cc2)cc1. The van der Waals surface area contributed by atoms with Gasteiger partial charge in [-0.2, -0.15) is 4.98 Å². The predicted octanol–water partition coefficient (Wildman–Crippen LogP) is 7.15. The molecule has 1 aliphatic rings. The van der Waals surface area contributed by atoms with Crippen LogP contribution in [0.25, 0.3) is 10.9 Å². The van der Waals surface area contributed by atoms with Crippen molar-refractivity contribution in [1.29, 1.82) is 0 Å². The lowest BCUT2D eigenvalue weighted by Gasteiger charge is -2.31. The Hall–Kier alpha value is -3.62. The Bertz CT molecular complexity index is 1480. The van der Waals surface area contributed by atoms with Crippen LogP contribution in [0.15, 0.2) is 77.7 Å². The summed E-state index contributed by atoms with van der Waals surface area (Å²) in [4.78, 5) is 26.1. The second-order valence-electron chi connectivity index (χ2n) is 11.5. The van der Waals surface area contributed by atoms with Crippen LogP contribution >= 0.6 is 11.8 Å². The number of thioether (sulfide) groups is 1. The Kier molecular flexibility index (Phi) is 10.5. The number of fused-ring (bicyclic) bond motifs is 1. The normalized spacial score (nSPS) is 17.4. The third kappa shape index (κ3) is 8.48. The summed E-state index contributed by atoms with van der Waals surface area (Å²) in [7, 11) is 4.04. The molecule has 0 saturated heterocycles. The molecule has 3 aromatic carbocycles. The van der Waals surface area contributed by atoms with Crippen molar-refractivity contribution in [3.8, 4) is 5.75 Å². The molecule has 5 rings (SSSR count). The zero-order valence-electron chi connectivity index (χ0n) is 25.7. The Morgan fingerprint density at radius 2 is 1.65 bits per heavy atom. The zero-order chi connectivity index (χ0) is 30.2. The number of hydrogen-bond acceptors (Lipinski definition) is 8. The van der Waals surface area contributed by atoms with Crippen LogP contribution in [0.1, 0.15) is 54.9 Å². The zero-order valence-corrected chi connectivity index (χ0v) is 26.5. The van der Waals surface area contributed by atoms with E-state index in [4.69, 9.17) is 14.7 Å². The maximum absolute atomic E-state index is 13.3. The van der Waals surface area contributed by atoms with Crippen molar-refractivity contribution in [1.82, 2.24) is 15.3 Å². The highest BCUT2D eigenvalue weighted by Crippen LogP contribution is 2.29. The molecule has 0 amide bonds. The summed E-state index contributed by atoms with van der Waals surface area (Å²) in [6.07, 6.45) is 4.71. The molecular formula is C35H43N5O2S. The minimum Gasteiger partial charge on any atom is -0.494 e. The standard InChI is InChI=1S/C35H43N5O2S/c1-5-42-28-18-12-25(13-19-28)33(41)22-30(43-29-20-10-24(2)11-21-29)23-36-26-14-16-27(17-15-26)37-35-38-32-9-7-6-8-31(32)34(39-35)40(3)4/h6-13,18-21,26-27,30,36H,5,14-17,22-23H2,1-4H3,(H,37,38,39). The number of carbonyl (C=O) groups excluding carboxylic acids is 1. The number of rotatable bonds is 13. The van der Waals surface area contributed by atoms with Crippen molar-refractivity contribution in [3.05, 3.63) is 83.9 Å². The van der Waals surface area contributed by atoms with Gasteiger partial charge in [-0.25, -0.2) is 4.98 Å². The van der Waals surface area contributed by atoms with Crippen LogP contribution in [0.5, 0.6) is 5.75 Å². The Morgan fingerprint density at radius 3 is 2.35 bits per heavy atom. The average Bonchev–Trinajstić information content (AvgIpc) is 3.01. The molecule has 7 nitrogen and oxygen atoms in total. The number of para-hydroxylation sites is 1. The second-order valence-corrected chi connectivity index (χ2v) is 12.9. The highest BCUT2D eigenvalue weighted by Gasteiger charge is 2.24. The number of benzene rings is 3. The van der Waals surface area contributed by atoms with E-state index in [0.717, 1.165) is 60.3 Å². The van der Waals surface area contributed by atoms with E-state index in [1.54, 1.807) is 11.8 Å². The van der Waals surface area contributed by atoms with Crippen molar-refractivity contribution in [2.24, 2.45) is 0 Å². The molecule has 1 heterocycles. The molecule has 0 spiro atoms. The Morgan fingerprint density at radius 1 is 0.953 bits per heavy atom. The van der Waals surface area contributed by atoms with Gasteiger partial charge in [0.1, 0.15) is 11.6 Å². The highest BCUT2D eigenvalue weighted by molar-refractivity contribution is 8.00. The first-order valence-corrected chi connectivity index (χ1v) is 16.2. The lowest BCUT2D eigenvalue weighted by atomic mass is 9.91. The number of nitrogens with zero attached hydrogens (tertiary/aromatic N) is 3. The van der Waals surface area contributed by atoms with E-state index in [0.29, 0.717) is 31.1 Å². The molecule has 0 aliphatic heterocycles. The van der Waals surface area contributed by atoms with E-state index in [-0.39, 0.29) is 11.0 Å². The van der Waals surface area contributed by atoms with Crippen LogP contribution in [0.3, 0.4) is 0 Å². The number of ketones is 1. The van der Waals surface area contributed by atoms with Crippen molar-refractivity contribution in [3.63, 3.8) is 0 Å². The van der Waals surface area contributed by atoms with Gasteiger partial charge < -0.3 is 20.3 Å². The molecule has 1 fully saturated rings. The van der Waals surface area contributed by atoms with E-state index in [1.807, 2.05) is 68.4 Å². The summed E-state index contributed by atoms with van der Waals surface area (Å²) in [6.45, 7) is 5.45. The third-order valence-corrected chi connectivity index (χ3v) is 9.14. The van der Waals surface area contributed by atoms with Crippen LogP contribution in [0, 0.1) is 6.92 Å². The molecule has 8 heteroatoms. The van der Waals surface area contributed by atoms with E-state index >= 15 is 0 Å². The van der Waals surface area contributed by atoms with Crippen molar-refractivity contribution >= 4 is 40.2 Å². The van der Waals surface area contributed by atoms with Gasteiger partial charge in [-0.15, -0.1) is 11.8 Å². The first kappa shape index (κ1) is 30.8. The summed E-state index contributed by atoms with van der Waals surface area (Å²) in [5, 5.41) is 8.62. The summed E-state index contributed by atoms with van der Waals surface area (Å²) in [5.41, 5.74) is 2.93. The quantitative estimate of drug-likeness (QED) is 0.124. The number of nitrogens with one attached hydrogen (secondary N) is 2. The number of Topliss-reactive ketones (excluding diaryl/α,β-unsaturated/α-hetero) is 1. The van der Waals surface area contributed by atoms with E-state index in [2.05, 4.69) is 47.9 Å². The highest BCUT2D eigenvalue weighted by atomic mass is 32.2. The van der Waals surface area contributed by atoms with Gasteiger partial charge in [0.2, 0.25) is 5.95 Å². The summed E-state index contributed by atoms with van der Waals surface area (Å²) in [5.74, 6) is 2.58. The van der Waals surface area contributed by atoms with Crippen LogP contribution in [-0.4, -0.2) is 60.3 Å². The largest absolute Gasteiger partial charge is 0.494 e. The van der Waals surface area contributed by atoms with Gasteiger partial charge in [0.05, 0.1) is 12.1 Å². The molecule has 0 radical (unpaired) electrons. The predicted molar refractivity (Wildman–Crippen MR) is 179 cm³/mol. The molecular weight excluding hydrogens is 554 g/mol. The molecule has 4 aromatic rings. The molecule has 2 N–H and O–H groups in total. The number of anilines is 2. The summed E-state index contributed by atoms with van der Waals surface area (Å²) < 4.78 is 5.55. The topological polar surface area (TPSA) is 79.4 Å². The Labute approximate surface area is 259 Å². The van der Waals surface area contributed by atoms with Crippen LogP contribution in [0.2, 0.25) is 0 Å². The molecule has 226 valence electrons. The van der Waals surface area contributed by atoms with Crippen molar-refractivity contribution < 1.29 is 9.53 Å². The average molecular weight is 598 g/mol. The van der Waals surface area contributed by atoms with Crippen molar-refractivity contribution in [2.45, 2.75) is 68.2 Å². The van der Waals surface area contributed by atoms with Gasteiger partial charge in [0.25, 0.3) is 0 Å². The van der Waals surface area contributed by atoms with Gasteiger partial charge in [-0.3, -0.25) is 4.79 Å². The molecule has 1 aromatic heterocycles. The van der Waals surface area contributed by atoms with Gasteiger partial charge in [-0.05, 0) is 88.1 Å². The van der Waals surface area contributed by atoms with E-state index in [9.17, 15) is 4.79 Å². The lowest BCUT2D eigenvalue weighted by Crippen LogP contribution is -2.40. The van der Waals surface area contributed by atoms with Crippen molar-refractivity contribution in [2.75, 3.05) is 37.5 Å². The fraction of sp³-hybridized carbons (Fsp3) is 0.400. The fourth-order valence-electron chi connectivity index (χ4n) is 5.58. The first-order valence-electron chi connectivity index (χ1n) is 15.3. The smallest absolute Gasteiger partial charge is 0.225 e. The number of aromatic nitrogens is 2. The molecule has 0 bridgehead atoms. The van der Waals surface area contributed by atoms with E-state index < -0.39 is 0 Å². The van der Waals surface area contributed by atoms with Gasteiger partial charge in [0, 0.05) is 60.2 Å². The minimum absolute atomic E-state index is 0.132. The molecule has 1 atom stereocenters. The van der Waals surface area contributed by atoms with Gasteiger partial charge in [0.15, 0.2) is 5.78 Å².